The molecule has 2 nitrogen and oxygen atoms in total. The number of aliphatic imine (C=N–C) groups is 1. The first-order valence-electron chi connectivity index (χ1n) is 3.64. The first-order valence-corrected chi connectivity index (χ1v) is 3.64. The van der Waals surface area contributed by atoms with Crippen molar-refractivity contribution >= 4 is 6.34 Å². The van der Waals surface area contributed by atoms with Gasteiger partial charge in [0.2, 0.25) is 0 Å². The molecule has 2 radical (unpaired) electrons. The topological polar surface area (TPSA) is 16.8 Å². The third-order valence-electron chi connectivity index (χ3n) is 1.94. The molecular weight excluding hydrogens is 760 g/mol. The van der Waals surface area contributed by atoms with Crippen molar-refractivity contribution in [3.63, 3.8) is 0 Å². The van der Waals surface area contributed by atoms with E-state index in [1.54, 1.807) is 6.34 Å². The fourth-order valence-electron chi connectivity index (χ4n) is 1.36. The fraction of sp³-hybridized carbons (Fsp3) is 0.222. The van der Waals surface area contributed by atoms with Gasteiger partial charge in [0.1, 0.15) is 0 Å². The molecule has 0 saturated heterocycles. The number of allylic oxidation sites excluding steroid dienone is 2. The van der Waals surface area contributed by atoms with Gasteiger partial charge in [-0.25, -0.2) is 17.8 Å². The van der Waals surface area contributed by atoms with E-state index in [2.05, 4.69) is 11.4 Å². The Labute approximate surface area is 412 Å². The summed E-state index contributed by atoms with van der Waals surface area (Å²) in [6.45, 7) is 0.624. The Morgan fingerprint density at radius 3 is 2.16 bits per heavy atom. The van der Waals surface area contributed by atoms with Crippen LogP contribution < -0.4 is 296 Å². The second kappa shape index (κ2) is 30.6. The number of hydrogen-bond donors (Lipinski definition) is 1. The Kier molecular flexibility index (Phi) is 76.1. The van der Waals surface area contributed by atoms with Crippen molar-refractivity contribution < 1.29 is 366 Å². The first kappa shape index (κ1) is 47.3. The Morgan fingerprint density at radius 1 is 1.16 bits per heavy atom. The van der Waals surface area contributed by atoms with E-state index in [0.717, 1.165) is 24.2 Å². The van der Waals surface area contributed by atoms with E-state index in [1.807, 2.05) is 6.42 Å². The maximum atomic E-state index is 12.2. The third kappa shape index (κ3) is 18.9. The van der Waals surface area contributed by atoms with Crippen molar-refractivity contribution in [3.05, 3.63) is 38.5 Å². The van der Waals surface area contributed by atoms with Gasteiger partial charge in [-0.05, 0) is 5.70 Å². The Hall–Kier alpha value is 10.4. The quantitative estimate of drug-likeness (QED) is 0.202. The second-order valence-electron chi connectivity index (χ2n) is 2.62. The van der Waals surface area contributed by atoms with Gasteiger partial charge in [-0.2, -0.15) is 6.42 Å². The molecule has 10 heteroatoms. The smallest absolute Gasteiger partial charge is 0.441 e. The Balaban J connectivity index is -0.0000000360. The molecule has 1 atom stereocenters. The van der Waals surface area contributed by atoms with Gasteiger partial charge in [0.25, 0.3) is 0 Å². The number of nitrogens with zero attached hydrogens (tertiary/aromatic N) is 1. The molecule has 2 rings (SSSR count). The zero-order chi connectivity index (χ0) is 7.68. The molecule has 1 aliphatic carbocycles. The number of halogens is 1. The molecule has 0 amide bonds. The molecule has 1 aliphatic heterocycles. The number of rotatable bonds is 1. The number of quaternary nitrogens is 1. The summed E-state index contributed by atoms with van der Waals surface area (Å²) >= 11 is 0. The zero-order valence-corrected chi connectivity index (χ0v) is 43.5. The predicted octanol–water partition coefficient (Wildman–Crippen LogP) is -14.1. The van der Waals surface area contributed by atoms with Crippen LogP contribution in [0.2, 0.25) is 0 Å². The van der Waals surface area contributed by atoms with Crippen LogP contribution >= 0.6 is 0 Å². The molecule has 0 aromatic heterocycles. The molecule has 0 spiro atoms. The molecule has 0 aromatic carbocycles. The van der Waals surface area contributed by atoms with Crippen LogP contribution in [0, 0.1) is 27.1 Å². The van der Waals surface area contributed by atoms with Gasteiger partial charge in [0.15, 0.2) is 6.34 Å². The SMILES string of the molecule is F[CH-][NH+]1C=NC2=C1C[CH-]C[CH-]2.[CH3-].[Rb+].[Rb+].[Rb+].[Rb+].[Rb+].[Y].[Y]. The first-order chi connectivity index (χ1) is 5.42. The molecule has 2 aliphatic rings. The van der Waals surface area contributed by atoms with Crippen molar-refractivity contribution in [2.45, 2.75) is 12.8 Å². The van der Waals surface area contributed by atoms with Crippen molar-refractivity contribution in [3.8, 4) is 0 Å². The predicted molar refractivity (Wildman–Crippen MR) is 46.1 cm³/mol. The van der Waals surface area contributed by atoms with Crippen LogP contribution in [0.25, 0.3) is 0 Å². The summed E-state index contributed by atoms with van der Waals surface area (Å²) in [5, 5.41) is 0. The molecule has 1 unspecified atom stereocenters. The van der Waals surface area contributed by atoms with Crippen LogP contribution in [0.5, 0.6) is 0 Å². The summed E-state index contributed by atoms with van der Waals surface area (Å²) in [5.74, 6) is 0. The minimum Gasteiger partial charge on any atom is -0.441 e. The molecule has 74 valence electrons. The van der Waals surface area contributed by atoms with Crippen LogP contribution in [-0.2, 0) is 65.4 Å². The van der Waals surface area contributed by atoms with Gasteiger partial charge in [0.05, 0.1) is 0 Å². The maximum Gasteiger partial charge on any atom is 1.00 e. The summed E-state index contributed by atoms with van der Waals surface area (Å²) in [7, 11) is 0. The average molecular weight is 772 g/mol. The standard InChI is InChI=1S/C8H9FN2.CH3.5Rb.2Y/c9-5-11-6-10-7-3-1-2-4-8(7)11;;;;;;;;/h2-3,5-6,11H,1,4H2;1H3;;;;;;;/q-2;-1;5*+1;;. The monoisotopic (exact) mass is 769 g/mol. The van der Waals surface area contributed by atoms with Crippen molar-refractivity contribution in [2.24, 2.45) is 4.99 Å². The third-order valence-corrected chi connectivity index (χ3v) is 1.94. The second-order valence-corrected chi connectivity index (χ2v) is 2.62. The van der Waals surface area contributed by atoms with Crippen LogP contribution in [0.1, 0.15) is 12.8 Å². The molecule has 0 fully saturated rings. The summed E-state index contributed by atoms with van der Waals surface area (Å²) in [5.41, 5.74) is 1.98. The number of hydrogen-bond acceptors (Lipinski definition) is 1. The van der Waals surface area contributed by atoms with Crippen LogP contribution in [-0.4, -0.2) is 6.34 Å². The largest absolute Gasteiger partial charge is 1.00 e. The van der Waals surface area contributed by atoms with E-state index in [1.165, 1.54) is 0 Å². The molecule has 1 N–H and O–H groups in total. The van der Waals surface area contributed by atoms with Gasteiger partial charge in [0, 0.05) is 72.2 Å². The van der Waals surface area contributed by atoms with Crippen LogP contribution in [0.15, 0.2) is 16.4 Å². The molecule has 19 heavy (non-hydrogen) atoms. The normalized spacial score (nSPS) is 16.6. The van der Waals surface area contributed by atoms with E-state index in [-0.39, 0.29) is 364 Å². The molecule has 0 saturated carbocycles. The van der Waals surface area contributed by atoms with Crippen LogP contribution in [0.3, 0.4) is 0 Å². The average Bonchev–Trinajstić information content (AvgIpc) is 2.47. The summed E-state index contributed by atoms with van der Waals surface area (Å²) in [4.78, 5) is 4.71. The number of nitrogens with one attached hydrogen (secondary N) is 1. The van der Waals surface area contributed by atoms with E-state index < -0.39 is 0 Å². The van der Waals surface area contributed by atoms with E-state index >= 15 is 0 Å². The fourth-order valence-corrected chi connectivity index (χ4v) is 1.36. The van der Waals surface area contributed by atoms with Crippen molar-refractivity contribution in [1.29, 1.82) is 0 Å². The molecule has 0 bridgehead atoms. The van der Waals surface area contributed by atoms with Gasteiger partial charge in [-0.15, -0.1) is 0 Å². The summed E-state index contributed by atoms with van der Waals surface area (Å²) in [6.07, 6.45) is 7.53. The van der Waals surface area contributed by atoms with Crippen molar-refractivity contribution in [1.82, 2.24) is 0 Å². The van der Waals surface area contributed by atoms with Crippen LogP contribution in [0.4, 0.5) is 4.39 Å². The molecule has 0 aromatic rings. The van der Waals surface area contributed by atoms with Crippen molar-refractivity contribution in [2.75, 3.05) is 0 Å². The van der Waals surface area contributed by atoms with Gasteiger partial charge in [-0.3, -0.25) is 0 Å². The minimum absolute atomic E-state index is 0. The zero-order valence-electron chi connectivity index (χ0n) is 13.2. The Morgan fingerprint density at radius 2 is 1.68 bits per heavy atom. The maximum absolute atomic E-state index is 12.2. The van der Waals surface area contributed by atoms with E-state index in [0.29, 0.717) is 11.7 Å². The van der Waals surface area contributed by atoms with Gasteiger partial charge < -0.3 is 23.1 Å². The minimum atomic E-state index is 0. The van der Waals surface area contributed by atoms with E-state index in [4.69, 9.17) is 0 Å². The molecular formula is C9H12FN2Rb5Y2+2. The van der Waals surface area contributed by atoms with Gasteiger partial charge >= 0.3 is 291 Å². The summed E-state index contributed by atoms with van der Waals surface area (Å²) in [6, 6.07) is 0. The van der Waals surface area contributed by atoms with E-state index in [9.17, 15) is 4.39 Å². The van der Waals surface area contributed by atoms with Gasteiger partial charge in [-0.1, -0.05) is 5.70 Å². The summed E-state index contributed by atoms with van der Waals surface area (Å²) < 4.78 is 12.2. The Bertz CT molecular complexity index is 245. The molecule has 1 heterocycles.